The van der Waals surface area contributed by atoms with E-state index < -0.39 is 0 Å². The molecule has 3 rings (SSSR count). The van der Waals surface area contributed by atoms with Crippen LogP contribution in [-0.2, 0) is 0 Å². The van der Waals surface area contributed by atoms with Gasteiger partial charge in [0.15, 0.2) is 0 Å². The van der Waals surface area contributed by atoms with E-state index in [1.54, 1.807) is 6.07 Å². The van der Waals surface area contributed by atoms with E-state index in [9.17, 15) is 4.39 Å². The van der Waals surface area contributed by atoms with E-state index in [1.165, 1.54) is 12.1 Å². The van der Waals surface area contributed by atoms with Crippen LogP contribution in [0.15, 0.2) is 79.4 Å². The Kier molecular flexibility index (Phi) is 3.75. The summed E-state index contributed by atoms with van der Waals surface area (Å²) in [4.78, 5) is 0. The highest BCUT2D eigenvalue weighted by molar-refractivity contribution is 5.81. The van der Waals surface area contributed by atoms with Crippen molar-refractivity contribution in [2.24, 2.45) is 0 Å². The molecule has 0 bridgehead atoms. The zero-order valence-corrected chi connectivity index (χ0v) is 12.1. The van der Waals surface area contributed by atoms with Gasteiger partial charge in [0.1, 0.15) is 5.82 Å². The largest absolute Gasteiger partial charge is 0.398 e. The molecule has 0 saturated heterocycles. The third-order valence-corrected chi connectivity index (χ3v) is 3.68. The lowest BCUT2D eigenvalue weighted by molar-refractivity contribution is 0.628. The van der Waals surface area contributed by atoms with E-state index in [0.29, 0.717) is 11.3 Å². The Bertz CT molecular complexity index is 805. The summed E-state index contributed by atoms with van der Waals surface area (Å²) < 4.78 is 13.4. The molecule has 0 spiro atoms. The minimum atomic E-state index is -0.290. The predicted molar refractivity (Wildman–Crippen MR) is 90.8 cm³/mol. The molecule has 0 fully saturated rings. The van der Waals surface area contributed by atoms with Crippen LogP contribution in [0.2, 0.25) is 0 Å². The molecule has 2 N–H and O–H groups in total. The Morgan fingerprint density at radius 2 is 1.45 bits per heavy atom. The number of nitrogens with two attached hydrogens (primary N) is 1. The van der Waals surface area contributed by atoms with Crippen LogP contribution < -0.4 is 5.73 Å². The smallest absolute Gasteiger partial charge is 0.123 e. The standard InChI is InChI=1S/C20H16FN/c1-14(15-5-3-2-4-6-15)16-7-9-17(10-8-16)19-13-18(21)11-12-20(19)22/h2-13H,1,22H2. The Morgan fingerprint density at radius 3 is 2.14 bits per heavy atom. The third-order valence-electron chi connectivity index (χ3n) is 3.68. The van der Waals surface area contributed by atoms with Gasteiger partial charge in [0.2, 0.25) is 0 Å². The van der Waals surface area contributed by atoms with Crippen molar-refractivity contribution in [3.8, 4) is 11.1 Å². The fraction of sp³-hybridized carbons (Fsp3) is 0. The quantitative estimate of drug-likeness (QED) is 0.664. The summed E-state index contributed by atoms with van der Waals surface area (Å²) in [6.07, 6.45) is 0. The van der Waals surface area contributed by atoms with Gasteiger partial charge in [-0.1, -0.05) is 61.2 Å². The van der Waals surface area contributed by atoms with Crippen molar-refractivity contribution in [2.45, 2.75) is 0 Å². The highest BCUT2D eigenvalue weighted by Gasteiger charge is 2.06. The van der Waals surface area contributed by atoms with Crippen molar-refractivity contribution in [2.75, 3.05) is 5.73 Å². The monoisotopic (exact) mass is 289 g/mol. The number of nitrogen functional groups attached to an aromatic ring is 1. The summed E-state index contributed by atoms with van der Waals surface area (Å²) in [7, 11) is 0. The van der Waals surface area contributed by atoms with E-state index in [1.807, 2.05) is 54.6 Å². The van der Waals surface area contributed by atoms with Crippen molar-refractivity contribution in [1.82, 2.24) is 0 Å². The van der Waals surface area contributed by atoms with E-state index in [-0.39, 0.29) is 5.82 Å². The van der Waals surface area contributed by atoms with Gasteiger partial charge in [-0.05, 0) is 40.5 Å². The van der Waals surface area contributed by atoms with E-state index in [0.717, 1.165) is 22.3 Å². The van der Waals surface area contributed by atoms with Crippen LogP contribution in [0.1, 0.15) is 11.1 Å². The molecule has 3 aromatic carbocycles. The molecule has 0 aliphatic rings. The topological polar surface area (TPSA) is 26.0 Å². The van der Waals surface area contributed by atoms with Crippen LogP contribution in [0.5, 0.6) is 0 Å². The van der Waals surface area contributed by atoms with Crippen LogP contribution in [0.3, 0.4) is 0 Å². The second-order valence-corrected chi connectivity index (χ2v) is 5.15. The summed E-state index contributed by atoms with van der Waals surface area (Å²) >= 11 is 0. The van der Waals surface area contributed by atoms with Gasteiger partial charge in [-0.25, -0.2) is 4.39 Å². The maximum absolute atomic E-state index is 13.4. The van der Waals surface area contributed by atoms with Gasteiger partial charge in [-0.2, -0.15) is 0 Å². The minimum absolute atomic E-state index is 0.290. The van der Waals surface area contributed by atoms with Gasteiger partial charge in [0.25, 0.3) is 0 Å². The van der Waals surface area contributed by atoms with E-state index >= 15 is 0 Å². The zero-order chi connectivity index (χ0) is 15.5. The van der Waals surface area contributed by atoms with Crippen molar-refractivity contribution in [1.29, 1.82) is 0 Å². The van der Waals surface area contributed by atoms with Crippen molar-refractivity contribution < 1.29 is 4.39 Å². The van der Waals surface area contributed by atoms with Gasteiger partial charge in [-0.3, -0.25) is 0 Å². The fourth-order valence-electron chi connectivity index (χ4n) is 2.44. The highest BCUT2D eigenvalue weighted by Crippen LogP contribution is 2.29. The molecule has 0 saturated carbocycles. The first kappa shape index (κ1) is 14.1. The molecule has 0 heterocycles. The molecule has 0 aromatic heterocycles. The van der Waals surface area contributed by atoms with Crippen LogP contribution in [0, 0.1) is 5.82 Å². The second-order valence-electron chi connectivity index (χ2n) is 5.15. The minimum Gasteiger partial charge on any atom is -0.398 e. The average molecular weight is 289 g/mol. The molecule has 1 nitrogen and oxygen atoms in total. The summed E-state index contributed by atoms with van der Waals surface area (Å²) in [5, 5.41) is 0. The number of rotatable bonds is 3. The number of anilines is 1. The third kappa shape index (κ3) is 2.77. The Morgan fingerprint density at radius 1 is 0.818 bits per heavy atom. The summed E-state index contributed by atoms with van der Waals surface area (Å²) in [5.41, 5.74) is 11.2. The number of halogens is 1. The summed E-state index contributed by atoms with van der Waals surface area (Å²) in [5.74, 6) is -0.290. The van der Waals surface area contributed by atoms with Crippen LogP contribution in [0.4, 0.5) is 10.1 Å². The summed E-state index contributed by atoms with van der Waals surface area (Å²) in [6.45, 7) is 4.14. The van der Waals surface area contributed by atoms with Gasteiger partial charge < -0.3 is 5.73 Å². The molecular formula is C20H16FN. The lowest BCUT2D eigenvalue weighted by Crippen LogP contribution is -1.92. The molecule has 3 aromatic rings. The van der Waals surface area contributed by atoms with Crippen molar-refractivity contribution in [3.05, 3.63) is 96.3 Å². The maximum atomic E-state index is 13.4. The molecule has 22 heavy (non-hydrogen) atoms. The van der Waals surface area contributed by atoms with Crippen molar-refractivity contribution in [3.63, 3.8) is 0 Å². The van der Waals surface area contributed by atoms with Gasteiger partial charge >= 0.3 is 0 Å². The average Bonchev–Trinajstić information content (AvgIpc) is 2.57. The first-order valence-electron chi connectivity index (χ1n) is 7.05. The SMILES string of the molecule is C=C(c1ccccc1)c1ccc(-c2cc(F)ccc2N)cc1. The van der Waals surface area contributed by atoms with Gasteiger partial charge in [-0.15, -0.1) is 0 Å². The highest BCUT2D eigenvalue weighted by atomic mass is 19.1. The lowest BCUT2D eigenvalue weighted by Gasteiger charge is -2.09. The summed E-state index contributed by atoms with van der Waals surface area (Å²) in [6, 6.07) is 22.3. The number of benzene rings is 3. The first-order valence-corrected chi connectivity index (χ1v) is 7.05. The Labute approximate surface area is 129 Å². The number of hydrogen-bond donors (Lipinski definition) is 1. The van der Waals surface area contributed by atoms with E-state index in [4.69, 9.17) is 5.73 Å². The zero-order valence-electron chi connectivity index (χ0n) is 12.1. The molecular weight excluding hydrogens is 273 g/mol. The molecule has 0 aliphatic carbocycles. The predicted octanol–water partition coefficient (Wildman–Crippen LogP) is 5.14. The molecule has 2 heteroatoms. The fourth-order valence-corrected chi connectivity index (χ4v) is 2.44. The van der Waals surface area contributed by atoms with Gasteiger partial charge in [0.05, 0.1) is 0 Å². The molecule has 0 radical (unpaired) electrons. The Balaban J connectivity index is 1.93. The molecule has 0 unspecified atom stereocenters. The molecule has 0 atom stereocenters. The molecule has 0 aliphatic heterocycles. The Hall–Kier alpha value is -2.87. The first-order chi connectivity index (χ1) is 10.6. The van der Waals surface area contributed by atoms with Crippen LogP contribution in [-0.4, -0.2) is 0 Å². The second kappa shape index (κ2) is 5.86. The van der Waals surface area contributed by atoms with Gasteiger partial charge in [0, 0.05) is 11.3 Å². The number of hydrogen-bond acceptors (Lipinski definition) is 1. The van der Waals surface area contributed by atoms with E-state index in [2.05, 4.69) is 6.58 Å². The molecule has 0 amide bonds. The normalized spacial score (nSPS) is 10.4. The van der Waals surface area contributed by atoms with Crippen LogP contribution in [0.25, 0.3) is 16.7 Å². The lowest BCUT2D eigenvalue weighted by atomic mass is 9.96. The maximum Gasteiger partial charge on any atom is 0.123 e. The van der Waals surface area contributed by atoms with Crippen molar-refractivity contribution >= 4 is 11.3 Å². The molecule has 108 valence electrons. The van der Waals surface area contributed by atoms with Crippen LogP contribution >= 0.6 is 0 Å².